The molecule has 8 nitrogen and oxygen atoms in total. The largest absolute Gasteiger partial charge is 0.481 e. The van der Waals surface area contributed by atoms with Crippen molar-refractivity contribution >= 4 is 23.3 Å². The molecule has 0 aliphatic heterocycles. The monoisotopic (exact) mass is 513 g/mol. The number of carboxylic acid groups (broad SMARTS) is 1. The van der Waals surface area contributed by atoms with E-state index in [4.69, 9.17) is 4.98 Å². The Hall–Kier alpha value is -3.86. The van der Waals surface area contributed by atoms with Crippen LogP contribution in [0.15, 0.2) is 42.6 Å². The minimum absolute atomic E-state index is 0.0691. The Balaban J connectivity index is 1.45. The van der Waals surface area contributed by atoms with Crippen molar-refractivity contribution in [2.45, 2.75) is 82.7 Å². The molecule has 2 saturated carbocycles. The predicted molar refractivity (Wildman–Crippen MR) is 146 cm³/mol. The smallest absolute Gasteiger partial charge is 0.305 e. The Morgan fingerprint density at radius 1 is 1.03 bits per heavy atom. The third kappa shape index (κ3) is 5.83. The van der Waals surface area contributed by atoms with E-state index in [1.54, 1.807) is 24.3 Å². The molecule has 1 amide bonds. The number of carboxylic acids is 1. The van der Waals surface area contributed by atoms with Gasteiger partial charge in [-0.1, -0.05) is 50.7 Å². The van der Waals surface area contributed by atoms with Crippen LogP contribution in [0.3, 0.4) is 0 Å². The normalized spacial score (nSPS) is 17.6. The van der Waals surface area contributed by atoms with E-state index in [-0.39, 0.29) is 24.3 Å². The van der Waals surface area contributed by atoms with Crippen LogP contribution in [-0.2, 0) is 4.79 Å². The van der Waals surface area contributed by atoms with Crippen molar-refractivity contribution in [3.63, 3.8) is 0 Å². The second-order valence-electron chi connectivity index (χ2n) is 10.7. The molecule has 198 valence electrons. The number of rotatable bonds is 8. The first-order valence-electron chi connectivity index (χ1n) is 13.8. The summed E-state index contributed by atoms with van der Waals surface area (Å²) < 4.78 is 1.98. The van der Waals surface area contributed by atoms with Gasteiger partial charge in [0.15, 0.2) is 0 Å². The number of aliphatic carboxylic acids is 1. The lowest BCUT2D eigenvalue weighted by atomic mass is 9.82. The van der Waals surface area contributed by atoms with Crippen LogP contribution in [0.1, 0.15) is 86.6 Å². The van der Waals surface area contributed by atoms with Crippen LogP contribution < -0.4 is 10.6 Å². The number of amides is 1. The molecule has 0 radical (unpaired) electrons. The summed E-state index contributed by atoms with van der Waals surface area (Å²) in [5.41, 5.74) is 3.37. The topological polar surface area (TPSA) is 120 Å². The van der Waals surface area contributed by atoms with Gasteiger partial charge in [-0.3, -0.25) is 14.0 Å². The molecule has 0 spiro atoms. The van der Waals surface area contributed by atoms with Crippen LogP contribution in [0.5, 0.6) is 0 Å². The minimum Gasteiger partial charge on any atom is -0.481 e. The number of fused-ring (bicyclic) bond motifs is 1. The molecule has 0 bridgehead atoms. The average molecular weight is 514 g/mol. The number of nitriles is 1. The Morgan fingerprint density at radius 3 is 2.37 bits per heavy atom. The molecular weight excluding hydrogens is 478 g/mol. The van der Waals surface area contributed by atoms with E-state index >= 15 is 0 Å². The SMILES string of the molecule is N#Cc1ccc(-c2nc3cc(C(=O)NC(CC(=O)O)C4CCCCC4)ccn3c2NC2CCCCC2)cc1. The molecule has 2 fully saturated rings. The van der Waals surface area contributed by atoms with E-state index in [0.29, 0.717) is 22.8 Å². The van der Waals surface area contributed by atoms with Gasteiger partial charge < -0.3 is 15.7 Å². The lowest BCUT2D eigenvalue weighted by molar-refractivity contribution is -0.137. The van der Waals surface area contributed by atoms with Gasteiger partial charge in [-0.25, -0.2) is 4.98 Å². The van der Waals surface area contributed by atoms with Gasteiger partial charge >= 0.3 is 5.97 Å². The molecule has 3 aromatic rings. The molecule has 2 aromatic heterocycles. The van der Waals surface area contributed by atoms with Gasteiger partial charge in [0.2, 0.25) is 0 Å². The van der Waals surface area contributed by atoms with Crippen molar-refractivity contribution in [3.8, 4) is 17.3 Å². The number of hydrogen-bond acceptors (Lipinski definition) is 5. The summed E-state index contributed by atoms with van der Waals surface area (Å²) in [5.74, 6) is -0.0909. The summed E-state index contributed by atoms with van der Waals surface area (Å²) in [6.45, 7) is 0. The van der Waals surface area contributed by atoms with Gasteiger partial charge in [0.25, 0.3) is 5.91 Å². The number of hydrogen-bond donors (Lipinski definition) is 3. The van der Waals surface area contributed by atoms with E-state index in [1.807, 2.05) is 22.7 Å². The number of nitrogens with zero attached hydrogens (tertiary/aromatic N) is 3. The Bertz CT molecular complexity index is 1330. The standard InChI is InChI=1S/C30H35N5O3/c31-19-20-11-13-22(14-12-20)28-29(32-24-9-5-2-6-10-24)35-16-15-23(17-26(35)34-28)30(38)33-25(18-27(36)37)21-7-3-1-4-8-21/h11-17,21,24-25,32H,1-10,18H2,(H,33,38)(H,36,37). The fraction of sp³-hybridized carbons (Fsp3) is 0.467. The number of anilines is 1. The summed E-state index contributed by atoms with van der Waals surface area (Å²) >= 11 is 0. The average Bonchev–Trinajstić information content (AvgIpc) is 3.31. The molecule has 3 N–H and O–H groups in total. The Kier molecular flexibility index (Phi) is 7.92. The molecule has 38 heavy (non-hydrogen) atoms. The molecule has 2 aliphatic carbocycles. The molecule has 1 unspecified atom stereocenters. The van der Waals surface area contributed by atoms with E-state index < -0.39 is 5.97 Å². The second-order valence-corrected chi connectivity index (χ2v) is 10.7. The first-order chi connectivity index (χ1) is 18.5. The summed E-state index contributed by atoms with van der Waals surface area (Å²) in [6, 6.07) is 13.1. The van der Waals surface area contributed by atoms with Crippen LogP contribution in [0.4, 0.5) is 5.82 Å². The van der Waals surface area contributed by atoms with Crippen molar-refractivity contribution in [1.82, 2.24) is 14.7 Å². The molecule has 1 aromatic carbocycles. The maximum Gasteiger partial charge on any atom is 0.305 e. The number of carbonyl (C=O) groups excluding carboxylic acids is 1. The number of benzene rings is 1. The predicted octanol–water partition coefficient (Wildman–Crippen LogP) is 5.77. The fourth-order valence-corrected chi connectivity index (χ4v) is 5.98. The van der Waals surface area contributed by atoms with Gasteiger partial charge in [0.1, 0.15) is 17.2 Å². The summed E-state index contributed by atoms with van der Waals surface area (Å²) in [6.07, 6.45) is 12.9. The molecule has 0 saturated heterocycles. The molecule has 2 heterocycles. The van der Waals surface area contributed by atoms with Gasteiger partial charge in [-0.2, -0.15) is 5.26 Å². The van der Waals surface area contributed by atoms with E-state index in [2.05, 4.69) is 16.7 Å². The highest BCUT2D eigenvalue weighted by atomic mass is 16.4. The third-order valence-electron chi connectivity index (χ3n) is 8.05. The maximum absolute atomic E-state index is 13.3. The number of imidazole rings is 1. The number of nitrogens with one attached hydrogen (secondary N) is 2. The quantitative estimate of drug-likeness (QED) is 0.352. The van der Waals surface area contributed by atoms with Crippen molar-refractivity contribution in [1.29, 1.82) is 5.26 Å². The fourth-order valence-electron chi connectivity index (χ4n) is 5.98. The van der Waals surface area contributed by atoms with Gasteiger partial charge in [0.05, 0.1) is 18.1 Å². The van der Waals surface area contributed by atoms with Crippen LogP contribution in [0.25, 0.3) is 16.9 Å². The zero-order valence-corrected chi connectivity index (χ0v) is 21.7. The zero-order valence-electron chi connectivity index (χ0n) is 21.7. The lowest BCUT2D eigenvalue weighted by Gasteiger charge is -2.30. The highest BCUT2D eigenvalue weighted by molar-refractivity contribution is 5.96. The highest BCUT2D eigenvalue weighted by Crippen LogP contribution is 2.32. The van der Waals surface area contributed by atoms with Crippen LogP contribution >= 0.6 is 0 Å². The van der Waals surface area contributed by atoms with Gasteiger partial charge in [0, 0.05) is 29.4 Å². The van der Waals surface area contributed by atoms with Crippen molar-refractivity contribution in [3.05, 3.63) is 53.7 Å². The van der Waals surface area contributed by atoms with E-state index in [1.165, 1.54) is 25.7 Å². The summed E-state index contributed by atoms with van der Waals surface area (Å²) in [5, 5.41) is 25.4. The number of aromatic nitrogens is 2. The maximum atomic E-state index is 13.3. The molecule has 1 atom stereocenters. The molecular formula is C30H35N5O3. The first-order valence-corrected chi connectivity index (χ1v) is 13.8. The third-order valence-corrected chi connectivity index (χ3v) is 8.05. The van der Waals surface area contributed by atoms with E-state index in [0.717, 1.165) is 55.6 Å². The van der Waals surface area contributed by atoms with E-state index in [9.17, 15) is 20.0 Å². The minimum atomic E-state index is -0.893. The summed E-state index contributed by atoms with van der Waals surface area (Å²) in [7, 11) is 0. The summed E-state index contributed by atoms with van der Waals surface area (Å²) in [4.78, 5) is 29.7. The van der Waals surface area contributed by atoms with Crippen molar-refractivity contribution in [2.75, 3.05) is 5.32 Å². The number of pyridine rings is 1. The molecule has 8 heteroatoms. The Labute approximate surface area is 223 Å². The highest BCUT2D eigenvalue weighted by Gasteiger charge is 2.28. The van der Waals surface area contributed by atoms with Crippen LogP contribution in [-0.4, -0.2) is 38.5 Å². The van der Waals surface area contributed by atoms with Gasteiger partial charge in [-0.15, -0.1) is 0 Å². The first kappa shape index (κ1) is 25.8. The van der Waals surface area contributed by atoms with Crippen molar-refractivity contribution in [2.24, 2.45) is 5.92 Å². The van der Waals surface area contributed by atoms with Crippen LogP contribution in [0.2, 0.25) is 0 Å². The van der Waals surface area contributed by atoms with Gasteiger partial charge in [-0.05, 0) is 55.9 Å². The zero-order chi connectivity index (χ0) is 26.5. The van der Waals surface area contributed by atoms with Crippen molar-refractivity contribution < 1.29 is 14.7 Å². The Morgan fingerprint density at radius 2 is 1.71 bits per heavy atom. The number of carbonyl (C=O) groups is 2. The lowest BCUT2D eigenvalue weighted by Crippen LogP contribution is -2.42. The van der Waals surface area contributed by atoms with Crippen LogP contribution in [0, 0.1) is 17.2 Å². The molecule has 5 rings (SSSR count). The second kappa shape index (κ2) is 11.7. The molecule has 2 aliphatic rings.